The van der Waals surface area contributed by atoms with Crippen LogP contribution < -0.4 is 0 Å². The quantitative estimate of drug-likeness (QED) is 0.354. The highest BCUT2D eigenvalue weighted by Gasteiger charge is 2.49. The molecule has 3 aliphatic rings. The molecule has 6 heteroatoms. The van der Waals surface area contributed by atoms with Crippen LogP contribution in [0.4, 0.5) is 4.79 Å². The molecule has 0 aliphatic heterocycles. The van der Waals surface area contributed by atoms with Crippen LogP contribution in [0.3, 0.4) is 0 Å². The van der Waals surface area contributed by atoms with Crippen molar-refractivity contribution in [1.29, 1.82) is 0 Å². The van der Waals surface area contributed by atoms with Crippen LogP contribution in [0.25, 0.3) is 0 Å². The van der Waals surface area contributed by atoms with Crippen LogP contribution >= 0.6 is 0 Å². The predicted octanol–water partition coefficient (Wildman–Crippen LogP) is 5.16. The Morgan fingerprint density at radius 1 is 1.26 bits per heavy atom. The lowest BCUT2D eigenvalue weighted by Crippen LogP contribution is -2.39. The molecule has 0 unspecified atom stereocenters. The maximum atomic E-state index is 11.5. The average Bonchev–Trinajstić information content (AvgIpc) is 3.15. The molecular weight excluding hydrogens is 444 g/mol. The SMILES string of the molecule is C=C(/C=C/[C@@H](O)C(C)(C)OC(=O)OC)[C@H]1CC[C@H]2/C(=C/C=C3/C[C@@H](O)C[C@H](O)C3=C)CCC[C@]12C. The fourth-order valence-corrected chi connectivity index (χ4v) is 6.19. The second kappa shape index (κ2) is 10.9. The summed E-state index contributed by atoms with van der Waals surface area (Å²) in [6.45, 7) is 14.0. The van der Waals surface area contributed by atoms with Crippen molar-refractivity contribution in [2.75, 3.05) is 7.11 Å². The molecule has 6 nitrogen and oxygen atoms in total. The van der Waals surface area contributed by atoms with Gasteiger partial charge < -0.3 is 24.8 Å². The summed E-state index contributed by atoms with van der Waals surface area (Å²) in [6.07, 6.45) is 11.0. The molecule has 0 radical (unpaired) electrons. The first kappa shape index (κ1) is 27.4. The Kier molecular flexibility index (Phi) is 8.51. The first-order valence-corrected chi connectivity index (χ1v) is 12.7. The number of allylic oxidation sites excluding steroid dienone is 5. The predicted molar refractivity (Wildman–Crippen MR) is 137 cm³/mol. The summed E-state index contributed by atoms with van der Waals surface area (Å²) in [5.74, 6) is 0.740. The van der Waals surface area contributed by atoms with Gasteiger partial charge in [-0.05, 0) is 80.8 Å². The molecule has 0 aromatic carbocycles. The van der Waals surface area contributed by atoms with Crippen LogP contribution in [0, 0.1) is 17.3 Å². The highest BCUT2D eigenvalue weighted by atomic mass is 16.7. The zero-order valence-corrected chi connectivity index (χ0v) is 21.6. The van der Waals surface area contributed by atoms with E-state index >= 15 is 0 Å². The molecule has 0 saturated heterocycles. The van der Waals surface area contributed by atoms with E-state index < -0.39 is 30.1 Å². The van der Waals surface area contributed by atoms with Crippen LogP contribution in [0.2, 0.25) is 0 Å². The van der Waals surface area contributed by atoms with Crippen LogP contribution in [0.15, 0.2) is 59.8 Å². The maximum absolute atomic E-state index is 11.5. The van der Waals surface area contributed by atoms with Gasteiger partial charge in [-0.25, -0.2) is 4.79 Å². The van der Waals surface area contributed by atoms with Crippen molar-refractivity contribution in [3.63, 3.8) is 0 Å². The van der Waals surface area contributed by atoms with E-state index in [1.807, 2.05) is 6.08 Å². The van der Waals surface area contributed by atoms with Crippen LogP contribution in [0.1, 0.15) is 65.7 Å². The van der Waals surface area contributed by atoms with Gasteiger partial charge in [0.2, 0.25) is 0 Å². The molecule has 3 aliphatic carbocycles. The van der Waals surface area contributed by atoms with E-state index in [4.69, 9.17) is 4.74 Å². The largest absolute Gasteiger partial charge is 0.508 e. The number of aliphatic hydroxyl groups is 3. The van der Waals surface area contributed by atoms with Crippen molar-refractivity contribution >= 4 is 6.16 Å². The molecular formula is C29H42O6. The van der Waals surface area contributed by atoms with E-state index in [0.29, 0.717) is 30.3 Å². The first-order chi connectivity index (χ1) is 16.4. The lowest BCUT2D eigenvalue weighted by Gasteiger charge is -2.42. The van der Waals surface area contributed by atoms with Gasteiger partial charge in [0, 0.05) is 6.42 Å². The number of fused-ring (bicyclic) bond motifs is 1. The van der Waals surface area contributed by atoms with Crippen LogP contribution in [-0.2, 0) is 9.47 Å². The maximum Gasteiger partial charge on any atom is 0.508 e. The Morgan fingerprint density at radius 3 is 2.66 bits per heavy atom. The Bertz CT molecular complexity index is 925. The van der Waals surface area contributed by atoms with Crippen molar-refractivity contribution in [3.05, 3.63) is 59.8 Å². The number of methoxy groups -OCH3 is 1. The van der Waals surface area contributed by atoms with Gasteiger partial charge in [-0.2, -0.15) is 0 Å². The summed E-state index contributed by atoms with van der Waals surface area (Å²) in [7, 11) is 1.24. The zero-order valence-electron chi connectivity index (χ0n) is 21.6. The van der Waals surface area contributed by atoms with Crippen molar-refractivity contribution < 1.29 is 29.6 Å². The second-order valence-electron chi connectivity index (χ2n) is 11.1. The van der Waals surface area contributed by atoms with Gasteiger partial charge in [-0.3, -0.25) is 0 Å². The van der Waals surface area contributed by atoms with E-state index in [9.17, 15) is 20.1 Å². The molecule has 0 aromatic rings. The molecule has 0 spiro atoms. The third kappa shape index (κ3) is 5.99. The summed E-state index contributed by atoms with van der Waals surface area (Å²) in [4.78, 5) is 11.5. The fraction of sp³-hybridized carbons (Fsp3) is 0.621. The standard InChI is InChI=1S/C29H42O6/c1-18(9-14-26(32)28(3,4)35-27(33)34-6)23-12-13-24-20(8-7-15-29(23,24)5)10-11-21-16-22(30)17-25(31)19(21)2/h9-11,14,22-26,30-32H,1-2,7-8,12-13,15-17H2,3-6H3/b14-9+,20-10+,21-11-/t22-,23-,24+,25+,26-,29-/m1/s1. The molecule has 0 bridgehead atoms. The minimum absolute atomic E-state index is 0.0790. The number of carbonyl (C=O) groups is 1. The molecule has 6 atom stereocenters. The Labute approximate surface area is 209 Å². The lowest BCUT2D eigenvalue weighted by molar-refractivity contribution is -0.0615. The minimum Gasteiger partial charge on any atom is -0.438 e. The number of carbonyl (C=O) groups excluding carboxylic acids is 1. The van der Waals surface area contributed by atoms with E-state index in [0.717, 1.165) is 43.3 Å². The third-order valence-electron chi connectivity index (χ3n) is 8.39. The zero-order chi connectivity index (χ0) is 26.0. The van der Waals surface area contributed by atoms with E-state index in [1.165, 1.54) is 12.7 Å². The highest BCUT2D eigenvalue weighted by Crippen LogP contribution is 2.59. The molecule has 3 fully saturated rings. The Hall–Kier alpha value is -2.15. The number of hydrogen-bond acceptors (Lipinski definition) is 6. The monoisotopic (exact) mass is 486 g/mol. The fourth-order valence-electron chi connectivity index (χ4n) is 6.19. The lowest BCUT2D eigenvalue weighted by atomic mass is 9.62. The Morgan fingerprint density at radius 2 is 1.97 bits per heavy atom. The molecule has 3 saturated carbocycles. The third-order valence-corrected chi connectivity index (χ3v) is 8.39. The molecule has 0 amide bonds. The highest BCUT2D eigenvalue weighted by molar-refractivity contribution is 5.60. The van der Waals surface area contributed by atoms with Crippen LogP contribution in [0.5, 0.6) is 0 Å². The summed E-state index contributed by atoms with van der Waals surface area (Å²) >= 11 is 0. The van der Waals surface area contributed by atoms with Gasteiger partial charge >= 0.3 is 6.16 Å². The topological polar surface area (TPSA) is 96.2 Å². The van der Waals surface area contributed by atoms with Gasteiger partial charge in [0.15, 0.2) is 0 Å². The minimum atomic E-state index is -1.12. The smallest absolute Gasteiger partial charge is 0.438 e. The second-order valence-corrected chi connectivity index (χ2v) is 11.1. The van der Waals surface area contributed by atoms with Gasteiger partial charge in [0.05, 0.1) is 19.3 Å². The summed E-state index contributed by atoms with van der Waals surface area (Å²) < 4.78 is 9.73. The van der Waals surface area contributed by atoms with Gasteiger partial charge in [0.1, 0.15) is 11.7 Å². The molecule has 3 N–H and O–H groups in total. The van der Waals surface area contributed by atoms with Crippen molar-refractivity contribution in [1.82, 2.24) is 0 Å². The summed E-state index contributed by atoms with van der Waals surface area (Å²) in [6, 6.07) is 0. The number of hydrogen-bond donors (Lipinski definition) is 3. The number of ether oxygens (including phenoxy) is 2. The van der Waals surface area contributed by atoms with E-state index in [-0.39, 0.29) is 5.41 Å². The molecule has 0 aromatic heterocycles. The normalized spacial score (nSPS) is 34.8. The van der Waals surface area contributed by atoms with Crippen molar-refractivity contribution in [2.24, 2.45) is 17.3 Å². The Balaban J connectivity index is 1.73. The number of aliphatic hydroxyl groups excluding tert-OH is 3. The van der Waals surface area contributed by atoms with Crippen molar-refractivity contribution in [3.8, 4) is 0 Å². The average molecular weight is 487 g/mol. The van der Waals surface area contributed by atoms with E-state index in [1.54, 1.807) is 19.9 Å². The molecule has 3 rings (SSSR count). The first-order valence-electron chi connectivity index (χ1n) is 12.7. The molecule has 35 heavy (non-hydrogen) atoms. The molecule has 0 heterocycles. The van der Waals surface area contributed by atoms with Gasteiger partial charge in [-0.1, -0.05) is 55.5 Å². The summed E-state index contributed by atoms with van der Waals surface area (Å²) in [5.41, 5.74) is 3.00. The molecule has 194 valence electrons. The van der Waals surface area contributed by atoms with Gasteiger partial charge in [-0.15, -0.1) is 0 Å². The number of rotatable bonds is 6. The summed E-state index contributed by atoms with van der Waals surface area (Å²) in [5, 5.41) is 30.8. The van der Waals surface area contributed by atoms with Gasteiger partial charge in [0.25, 0.3) is 0 Å². The van der Waals surface area contributed by atoms with E-state index in [2.05, 4.69) is 37.0 Å². The van der Waals surface area contributed by atoms with Crippen LogP contribution in [-0.4, -0.2) is 52.5 Å². The van der Waals surface area contributed by atoms with Crippen molar-refractivity contribution in [2.45, 2.75) is 89.6 Å².